The minimum atomic E-state index is 0.0212. The first-order valence-electron chi connectivity index (χ1n) is 23.0. The largest absolute Gasteiger partial charge is 0.331 e. The number of pyridine rings is 1. The standard InChI is InChI=1S/C63H42N4/c1-3-13-41(14-4-1)43-23-30-47(31-24-43)57-40-58(48-32-25-44(26-33-48)42-15-5-2-6-16-42)66-63(65-57)49-35-37-51(38-36-49)67-59-22-12-10-20-54(59)60-53-19-9-11-21-56(53)64-61(62(60)67)50-34-29-46-28-27-45-17-7-8-18-52(45)55(46)39-50/h1-37,39-40,51H,38H2. The summed E-state index contributed by atoms with van der Waals surface area (Å²) < 4.78 is 2.53. The lowest BCUT2D eigenvalue weighted by Gasteiger charge is -2.22. The van der Waals surface area contributed by atoms with Gasteiger partial charge in [-0.1, -0.05) is 212 Å². The maximum Gasteiger partial charge on any atom is 0.160 e. The zero-order chi connectivity index (χ0) is 44.3. The molecule has 0 bridgehead atoms. The second kappa shape index (κ2) is 16.1. The van der Waals surface area contributed by atoms with Crippen molar-refractivity contribution >= 4 is 59.8 Å². The van der Waals surface area contributed by atoms with E-state index in [1.54, 1.807) is 0 Å². The Morgan fingerprint density at radius 1 is 0.403 bits per heavy atom. The molecule has 1 aliphatic carbocycles. The molecule has 0 amide bonds. The number of para-hydroxylation sites is 2. The summed E-state index contributed by atoms with van der Waals surface area (Å²) in [5.41, 5.74) is 15.0. The van der Waals surface area contributed by atoms with Crippen LogP contribution >= 0.6 is 0 Å². The molecule has 1 unspecified atom stereocenters. The molecule has 3 heterocycles. The Morgan fingerprint density at radius 3 is 1.58 bits per heavy atom. The van der Waals surface area contributed by atoms with Crippen LogP contribution in [0.2, 0.25) is 0 Å². The number of benzene rings is 9. The highest BCUT2D eigenvalue weighted by molar-refractivity contribution is 6.23. The second-order valence-corrected chi connectivity index (χ2v) is 17.5. The van der Waals surface area contributed by atoms with Gasteiger partial charge in [-0.2, -0.15) is 0 Å². The Kier molecular flexibility index (Phi) is 9.28. The zero-order valence-electron chi connectivity index (χ0n) is 36.6. The number of hydrogen-bond acceptors (Lipinski definition) is 3. The van der Waals surface area contributed by atoms with E-state index >= 15 is 0 Å². The maximum absolute atomic E-state index is 5.52. The van der Waals surface area contributed by atoms with Crippen LogP contribution in [0.1, 0.15) is 18.3 Å². The van der Waals surface area contributed by atoms with E-state index in [0.717, 1.165) is 62.2 Å². The van der Waals surface area contributed by atoms with Gasteiger partial charge in [0.1, 0.15) is 0 Å². The summed E-state index contributed by atoms with van der Waals surface area (Å²) in [5.74, 6) is 0.709. The van der Waals surface area contributed by atoms with Crippen molar-refractivity contribution in [3.05, 3.63) is 242 Å². The monoisotopic (exact) mass is 854 g/mol. The Labute approximate surface area is 388 Å². The summed E-state index contributed by atoms with van der Waals surface area (Å²) in [6.07, 6.45) is 7.65. The highest BCUT2D eigenvalue weighted by Gasteiger charge is 2.25. The lowest BCUT2D eigenvalue weighted by atomic mass is 9.97. The van der Waals surface area contributed by atoms with Crippen molar-refractivity contribution < 1.29 is 0 Å². The number of aromatic nitrogens is 4. The van der Waals surface area contributed by atoms with Crippen LogP contribution in [0.5, 0.6) is 0 Å². The van der Waals surface area contributed by atoms with E-state index in [1.165, 1.54) is 60.1 Å². The van der Waals surface area contributed by atoms with Gasteiger partial charge in [0.25, 0.3) is 0 Å². The zero-order valence-corrected chi connectivity index (χ0v) is 36.6. The summed E-state index contributed by atoms with van der Waals surface area (Å²) in [4.78, 5) is 16.1. The Balaban J connectivity index is 0.933. The number of rotatable bonds is 7. The van der Waals surface area contributed by atoms with Crippen molar-refractivity contribution in [2.75, 3.05) is 0 Å². The molecule has 67 heavy (non-hydrogen) atoms. The molecule has 4 nitrogen and oxygen atoms in total. The van der Waals surface area contributed by atoms with E-state index in [9.17, 15) is 0 Å². The Morgan fingerprint density at radius 2 is 0.925 bits per heavy atom. The molecule has 0 spiro atoms. The van der Waals surface area contributed by atoms with Gasteiger partial charge >= 0.3 is 0 Å². The number of allylic oxidation sites excluding steroid dienone is 4. The summed E-state index contributed by atoms with van der Waals surface area (Å²) in [6.45, 7) is 0. The number of nitrogens with zero attached hydrogens (tertiary/aromatic N) is 4. The van der Waals surface area contributed by atoms with Crippen molar-refractivity contribution in [3.63, 3.8) is 0 Å². The quantitative estimate of drug-likeness (QED) is 0.150. The maximum atomic E-state index is 5.52. The molecule has 3 aromatic heterocycles. The predicted molar refractivity (Wildman–Crippen MR) is 280 cm³/mol. The molecule has 0 saturated heterocycles. The minimum absolute atomic E-state index is 0.0212. The van der Waals surface area contributed by atoms with Gasteiger partial charge in [0.15, 0.2) is 5.82 Å². The van der Waals surface area contributed by atoms with Gasteiger partial charge in [-0.25, -0.2) is 15.0 Å². The normalized spacial score (nSPS) is 13.8. The van der Waals surface area contributed by atoms with Crippen LogP contribution in [-0.4, -0.2) is 19.5 Å². The molecule has 9 aromatic carbocycles. The highest BCUT2D eigenvalue weighted by atomic mass is 15.0. The van der Waals surface area contributed by atoms with Gasteiger partial charge in [-0.15, -0.1) is 0 Å². The fraction of sp³-hybridized carbons (Fsp3) is 0.0317. The van der Waals surface area contributed by atoms with Crippen LogP contribution in [-0.2, 0) is 0 Å². The SMILES string of the molecule is C1=CC(n2c3ccccc3c3c4ccccc4nc(-c4ccc5ccc6ccccc6c5c4)c32)CC=C1c1nc(-c2ccc(-c3ccccc3)cc2)cc(-c2ccc(-c3ccccc3)cc2)n1. The molecule has 4 heteroatoms. The van der Waals surface area contributed by atoms with Gasteiger partial charge in [-0.05, 0) is 74.5 Å². The fourth-order valence-electron chi connectivity index (χ4n) is 10.2. The molecule has 13 rings (SSSR count). The molecule has 0 N–H and O–H groups in total. The van der Waals surface area contributed by atoms with E-state index in [-0.39, 0.29) is 6.04 Å². The van der Waals surface area contributed by atoms with Gasteiger partial charge in [0, 0.05) is 43.9 Å². The smallest absolute Gasteiger partial charge is 0.160 e. The molecule has 314 valence electrons. The number of hydrogen-bond donors (Lipinski definition) is 0. The van der Waals surface area contributed by atoms with Crippen molar-refractivity contribution in [1.82, 2.24) is 19.5 Å². The van der Waals surface area contributed by atoms with Crippen LogP contribution in [0.25, 0.3) is 116 Å². The van der Waals surface area contributed by atoms with E-state index in [2.05, 4.69) is 241 Å². The highest BCUT2D eigenvalue weighted by Crippen LogP contribution is 2.44. The van der Waals surface area contributed by atoms with Crippen molar-refractivity contribution in [1.29, 1.82) is 0 Å². The average Bonchev–Trinajstić information content (AvgIpc) is 3.76. The van der Waals surface area contributed by atoms with Gasteiger partial charge in [0.2, 0.25) is 0 Å². The molecule has 1 atom stereocenters. The summed E-state index contributed by atoms with van der Waals surface area (Å²) in [7, 11) is 0. The predicted octanol–water partition coefficient (Wildman–Crippen LogP) is 16.4. The molecule has 0 fully saturated rings. The average molecular weight is 855 g/mol. The summed E-state index contributed by atoms with van der Waals surface area (Å²) in [5, 5.41) is 8.54. The van der Waals surface area contributed by atoms with Gasteiger partial charge < -0.3 is 4.57 Å². The Bertz CT molecular complexity index is 3820. The molecule has 12 aromatic rings. The van der Waals surface area contributed by atoms with E-state index in [0.29, 0.717) is 5.82 Å². The molecular formula is C63H42N4. The first-order valence-corrected chi connectivity index (χ1v) is 23.0. The third-order valence-corrected chi connectivity index (χ3v) is 13.5. The fourth-order valence-corrected chi connectivity index (χ4v) is 10.2. The second-order valence-electron chi connectivity index (χ2n) is 17.5. The van der Waals surface area contributed by atoms with Crippen LogP contribution < -0.4 is 0 Å². The third-order valence-electron chi connectivity index (χ3n) is 13.5. The van der Waals surface area contributed by atoms with Gasteiger partial charge in [-0.3, -0.25) is 0 Å². The van der Waals surface area contributed by atoms with E-state index in [1.807, 2.05) is 0 Å². The molecule has 0 radical (unpaired) electrons. The van der Waals surface area contributed by atoms with E-state index in [4.69, 9.17) is 15.0 Å². The molecular weight excluding hydrogens is 813 g/mol. The van der Waals surface area contributed by atoms with Crippen molar-refractivity contribution in [2.45, 2.75) is 12.5 Å². The first-order chi connectivity index (χ1) is 33.2. The first kappa shape index (κ1) is 38.7. The lowest BCUT2D eigenvalue weighted by molar-refractivity contribution is 0.649. The topological polar surface area (TPSA) is 43.6 Å². The van der Waals surface area contributed by atoms with Crippen LogP contribution in [0.3, 0.4) is 0 Å². The van der Waals surface area contributed by atoms with Crippen LogP contribution in [0, 0.1) is 0 Å². The third kappa shape index (κ3) is 6.81. The summed E-state index contributed by atoms with van der Waals surface area (Å²) >= 11 is 0. The van der Waals surface area contributed by atoms with Crippen molar-refractivity contribution in [3.8, 4) is 56.0 Å². The van der Waals surface area contributed by atoms with Crippen molar-refractivity contribution in [2.24, 2.45) is 0 Å². The lowest BCUT2D eigenvalue weighted by Crippen LogP contribution is -2.10. The molecule has 0 saturated carbocycles. The van der Waals surface area contributed by atoms with Crippen LogP contribution in [0.15, 0.2) is 237 Å². The van der Waals surface area contributed by atoms with Crippen LogP contribution in [0.4, 0.5) is 0 Å². The Hall–Kier alpha value is -8.73. The minimum Gasteiger partial charge on any atom is -0.331 e. The molecule has 0 aliphatic heterocycles. The molecule has 1 aliphatic rings. The van der Waals surface area contributed by atoms with Gasteiger partial charge in [0.05, 0.1) is 34.2 Å². The summed E-state index contributed by atoms with van der Waals surface area (Å²) in [6, 6.07) is 78.0. The number of fused-ring (bicyclic) bond motifs is 8. The van der Waals surface area contributed by atoms with E-state index < -0.39 is 0 Å².